The predicted octanol–water partition coefficient (Wildman–Crippen LogP) is 2.03. The van der Waals surface area contributed by atoms with Gasteiger partial charge in [0, 0.05) is 11.6 Å². The highest BCUT2D eigenvalue weighted by Gasteiger charge is 2.12. The summed E-state index contributed by atoms with van der Waals surface area (Å²) >= 11 is 0. The number of hydrogen-bond acceptors (Lipinski definition) is 3. The number of aromatic nitrogens is 1. The van der Waals surface area contributed by atoms with Crippen molar-refractivity contribution in [3.8, 4) is 0 Å². The van der Waals surface area contributed by atoms with Gasteiger partial charge in [0.2, 0.25) is 0 Å². The van der Waals surface area contributed by atoms with Crippen LogP contribution in [0.3, 0.4) is 0 Å². The molecule has 1 aromatic carbocycles. The minimum atomic E-state index is -0.992. The second kappa shape index (κ2) is 7.16. The van der Waals surface area contributed by atoms with E-state index in [1.165, 1.54) is 0 Å². The van der Waals surface area contributed by atoms with Gasteiger partial charge in [-0.1, -0.05) is 18.2 Å². The van der Waals surface area contributed by atoms with Crippen LogP contribution in [0, 0.1) is 0 Å². The van der Waals surface area contributed by atoms with E-state index in [1.54, 1.807) is 6.20 Å². The van der Waals surface area contributed by atoms with Gasteiger partial charge in [-0.15, -0.1) is 24.8 Å². The van der Waals surface area contributed by atoms with Crippen molar-refractivity contribution in [2.45, 2.75) is 12.5 Å². The molecule has 0 spiro atoms. The van der Waals surface area contributed by atoms with Crippen LogP contribution in [0.4, 0.5) is 0 Å². The Morgan fingerprint density at radius 2 is 2.00 bits per heavy atom. The largest absolute Gasteiger partial charge is 0.480 e. The first-order valence-corrected chi connectivity index (χ1v) is 4.99. The van der Waals surface area contributed by atoms with E-state index < -0.39 is 12.0 Å². The molecule has 0 aliphatic carbocycles. The monoisotopic (exact) mass is 288 g/mol. The number of hydrogen-bond donors (Lipinski definition) is 2. The Bertz CT molecular complexity index is 534. The van der Waals surface area contributed by atoms with Crippen LogP contribution in [-0.4, -0.2) is 22.1 Å². The summed E-state index contributed by atoms with van der Waals surface area (Å²) in [6, 6.07) is 8.74. The van der Waals surface area contributed by atoms with Gasteiger partial charge in [-0.3, -0.25) is 9.78 Å². The van der Waals surface area contributed by atoms with Gasteiger partial charge in [0.15, 0.2) is 0 Å². The third-order valence-corrected chi connectivity index (χ3v) is 2.42. The zero-order valence-electron chi connectivity index (χ0n) is 9.45. The summed E-state index contributed by atoms with van der Waals surface area (Å²) in [4.78, 5) is 14.9. The van der Waals surface area contributed by atoms with Gasteiger partial charge in [-0.2, -0.15) is 0 Å². The van der Waals surface area contributed by atoms with Crippen LogP contribution in [0.2, 0.25) is 0 Å². The third kappa shape index (κ3) is 3.84. The van der Waals surface area contributed by atoms with Crippen LogP contribution in [0.1, 0.15) is 5.56 Å². The number of benzene rings is 1. The first kappa shape index (κ1) is 16.6. The van der Waals surface area contributed by atoms with E-state index in [1.807, 2.05) is 30.3 Å². The average molecular weight is 289 g/mol. The summed E-state index contributed by atoms with van der Waals surface area (Å²) in [7, 11) is 0. The maximum Gasteiger partial charge on any atom is 0.320 e. The highest BCUT2D eigenvalue weighted by atomic mass is 35.5. The molecule has 0 radical (unpaired) electrons. The quantitative estimate of drug-likeness (QED) is 0.906. The zero-order valence-corrected chi connectivity index (χ0v) is 11.1. The normalized spacial score (nSPS) is 11.2. The smallest absolute Gasteiger partial charge is 0.320 e. The fourth-order valence-corrected chi connectivity index (χ4v) is 1.57. The lowest BCUT2D eigenvalue weighted by Gasteiger charge is -2.06. The van der Waals surface area contributed by atoms with E-state index in [0.717, 1.165) is 16.5 Å². The lowest BCUT2D eigenvalue weighted by atomic mass is 10.1. The summed E-state index contributed by atoms with van der Waals surface area (Å²) in [5, 5.41) is 9.71. The Balaban J connectivity index is 0.00000144. The number of nitrogens with zero attached hydrogens (tertiary/aromatic N) is 1. The van der Waals surface area contributed by atoms with Gasteiger partial charge >= 0.3 is 5.97 Å². The first-order valence-electron chi connectivity index (χ1n) is 4.99. The lowest BCUT2D eigenvalue weighted by molar-refractivity contribution is -0.138. The van der Waals surface area contributed by atoms with Gasteiger partial charge in [-0.25, -0.2) is 0 Å². The van der Waals surface area contributed by atoms with Crippen molar-refractivity contribution in [3.05, 3.63) is 42.1 Å². The molecule has 2 aromatic rings. The van der Waals surface area contributed by atoms with Crippen molar-refractivity contribution in [3.63, 3.8) is 0 Å². The molecule has 98 valence electrons. The van der Waals surface area contributed by atoms with Crippen LogP contribution in [-0.2, 0) is 11.2 Å². The summed E-state index contributed by atoms with van der Waals surface area (Å²) in [5.74, 6) is -0.992. The first-order chi connectivity index (χ1) is 7.66. The Morgan fingerprint density at radius 1 is 1.33 bits per heavy atom. The van der Waals surface area contributed by atoms with Gasteiger partial charge in [0.25, 0.3) is 0 Å². The van der Waals surface area contributed by atoms with E-state index in [-0.39, 0.29) is 24.8 Å². The second-order valence-electron chi connectivity index (χ2n) is 3.69. The molecule has 1 heterocycles. The summed E-state index contributed by atoms with van der Waals surface area (Å²) in [5.41, 5.74) is 7.20. The minimum Gasteiger partial charge on any atom is -0.480 e. The number of carboxylic acid groups (broad SMARTS) is 1. The molecule has 0 aliphatic rings. The van der Waals surface area contributed by atoms with E-state index in [9.17, 15) is 4.79 Å². The Kier molecular flexibility index (Phi) is 6.62. The summed E-state index contributed by atoms with van der Waals surface area (Å²) in [6.45, 7) is 0. The third-order valence-electron chi connectivity index (χ3n) is 2.42. The van der Waals surface area contributed by atoms with Crippen molar-refractivity contribution >= 4 is 41.7 Å². The zero-order chi connectivity index (χ0) is 11.5. The number of rotatable bonds is 3. The van der Waals surface area contributed by atoms with Crippen LogP contribution in [0.5, 0.6) is 0 Å². The number of carbonyl (C=O) groups is 1. The SMILES string of the molecule is Cl.Cl.NC(Cc1cnc2ccccc2c1)C(=O)O. The van der Waals surface area contributed by atoms with E-state index >= 15 is 0 Å². The van der Waals surface area contributed by atoms with E-state index in [4.69, 9.17) is 10.8 Å². The number of nitrogens with two attached hydrogens (primary N) is 1. The predicted molar refractivity (Wildman–Crippen MR) is 75.6 cm³/mol. The molecule has 0 amide bonds. The van der Waals surface area contributed by atoms with Crippen molar-refractivity contribution < 1.29 is 9.90 Å². The average Bonchev–Trinajstić information content (AvgIpc) is 2.28. The number of aliphatic carboxylic acids is 1. The number of halogens is 2. The molecule has 0 bridgehead atoms. The fourth-order valence-electron chi connectivity index (χ4n) is 1.57. The number of para-hydroxylation sites is 1. The Labute approximate surface area is 117 Å². The number of carboxylic acids is 1. The Morgan fingerprint density at radius 3 is 2.67 bits per heavy atom. The highest BCUT2D eigenvalue weighted by Crippen LogP contribution is 2.13. The number of fused-ring (bicyclic) bond motifs is 1. The van der Waals surface area contributed by atoms with Crippen molar-refractivity contribution in [2.75, 3.05) is 0 Å². The standard InChI is InChI=1S/C12H12N2O2.2ClH/c13-10(12(15)16)6-8-5-9-3-1-2-4-11(9)14-7-8;;/h1-5,7,10H,6,13H2,(H,15,16);2*1H. The molecule has 0 fully saturated rings. The van der Waals surface area contributed by atoms with Crippen molar-refractivity contribution in [2.24, 2.45) is 5.73 Å². The fraction of sp³-hybridized carbons (Fsp3) is 0.167. The van der Waals surface area contributed by atoms with Crippen LogP contribution in [0.25, 0.3) is 10.9 Å². The van der Waals surface area contributed by atoms with Crippen molar-refractivity contribution in [1.29, 1.82) is 0 Å². The minimum absolute atomic E-state index is 0. The van der Waals surface area contributed by atoms with Gasteiger partial charge in [0.05, 0.1) is 5.52 Å². The molecule has 0 saturated heterocycles. The highest BCUT2D eigenvalue weighted by molar-refractivity contribution is 5.85. The molecule has 1 aromatic heterocycles. The Hall–Kier alpha value is -1.36. The molecule has 1 unspecified atom stereocenters. The van der Waals surface area contributed by atoms with E-state index in [2.05, 4.69) is 4.98 Å². The topological polar surface area (TPSA) is 76.2 Å². The molecule has 1 atom stereocenters. The molecule has 6 heteroatoms. The molecular weight excluding hydrogens is 275 g/mol. The molecule has 0 aliphatic heterocycles. The van der Waals surface area contributed by atoms with Crippen molar-refractivity contribution in [1.82, 2.24) is 4.98 Å². The van der Waals surface area contributed by atoms with E-state index in [0.29, 0.717) is 6.42 Å². The maximum atomic E-state index is 10.6. The van der Waals surface area contributed by atoms with Gasteiger partial charge in [0.1, 0.15) is 6.04 Å². The number of pyridine rings is 1. The summed E-state index contributed by atoms with van der Waals surface area (Å²) < 4.78 is 0. The van der Waals surface area contributed by atoms with Gasteiger partial charge < -0.3 is 10.8 Å². The van der Waals surface area contributed by atoms with Crippen LogP contribution in [0.15, 0.2) is 36.5 Å². The molecular formula is C12H14Cl2N2O2. The maximum absolute atomic E-state index is 10.6. The molecule has 18 heavy (non-hydrogen) atoms. The lowest BCUT2D eigenvalue weighted by Crippen LogP contribution is -2.32. The molecule has 0 saturated carbocycles. The van der Waals surface area contributed by atoms with Gasteiger partial charge in [-0.05, 0) is 24.1 Å². The van der Waals surface area contributed by atoms with Crippen LogP contribution < -0.4 is 5.73 Å². The van der Waals surface area contributed by atoms with Crippen LogP contribution >= 0.6 is 24.8 Å². The summed E-state index contributed by atoms with van der Waals surface area (Å²) in [6.07, 6.45) is 1.97. The molecule has 4 nitrogen and oxygen atoms in total. The molecule has 2 rings (SSSR count). The second-order valence-corrected chi connectivity index (χ2v) is 3.69. The molecule has 3 N–H and O–H groups in total.